The van der Waals surface area contributed by atoms with Crippen molar-refractivity contribution in [3.8, 4) is 11.5 Å². The second kappa shape index (κ2) is 7.95. The van der Waals surface area contributed by atoms with Gasteiger partial charge in [-0.15, -0.1) is 11.3 Å². The molecule has 0 spiro atoms. The normalized spacial score (nSPS) is 23.1. The fraction of sp³-hybridized carbons (Fsp3) is 0.478. The summed E-state index contributed by atoms with van der Waals surface area (Å²) in [6, 6.07) is 9.49. The van der Waals surface area contributed by atoms with E-state index in [0.29, 0.717) is 43.6 Å². The number of nitrogens with zero attached hydrogens (tertiary/aromatic N) is 2. The SMILES string of the molecule is C[C@H]1CCc2sc(C(=O)N3CCN(C(=O)[C@@H]4COc5ccccc5O4)CC3)cc2C1. The van der Waals surface area contributed by atoms with Crippen molar-refractivity contribution >= 4 is 23.2 Å². The number of amides is 2. The van der Waals surface area contributed by atoms with Gasteiger partial charge >= 0.3 is 0 Å². The maximum absolute atomic E-state index is 13.0. The van der Waals surface area contributed by atoms with Gasteiger partial charge in [0.15, 0.2) is 11.5 Å². The fourth-order valence-electron chi connectivity index (χ4n) is 4.44. The van der Waals surface area contributed by atoms with Gasteiger partial charge in [0.2, 0.25) is 6.10 Å². The van der Waals surface area contributed by atoms with Crippen LogP contribution in [-0.4, -0.2) is 60.5 Å². The molecule has 0 bridgehead atoms. The molecule has 7 heteroatoms. The molecule has 1 aromatic heterocycles. The highest BCUT2D eigenvalue weighted by molar-refractivity contribution is 7.14. The maximum Gasteiger partial charge on any atom is 0.267 e. The lowest BCUT2D eigenvalue weighted by Crippen LogP contribution is -2.55. The van der Waals surface area contributed by atoms with Crippen molar-refractivity contribution in [2.45, 2.75) is 32.3 Å². The molecule has 0 saturated carbocycles. The maximum atomic E-state index is 13.0. The molecule has 0 unspecified atom stereocenters. The summed E-state index contributed by atoms with van der Waals surface area (Å²) in [7, 11) is 0. The summed E-state index contributed by atoms with van der Waals surface area (Å²) < 4.78 is 11.5. The highest BCUT2D eigenvalue weighted by atomic mass is 32.1. The van der Waals surface area contributed by atoms with Crippen molar-refractivity contribution in [2.24, 2.45) is 5.92 Å². The first-order valence-electron chi connectivity index (χ1n) is 10.7. The van der Waals surface area contributed by atoms with Crippen molar-refractivity contribution in [1.82, 2.24) is 9.80 Å². The van der Waals surface area contributed by atoms with E-state index in [1.165, 1.54) is 16.9 Å². The van der Waals surface area contributed by atoms with E-state index in [1.54, 1.807) is 16.2 Å². The Morgan fingerprint density at radius 3 is 2.60 bits per heavy atom. The van der Waals surface area contributed by atoms with E-state index in [-0.39, 0.29) is 18.4 Å². The van der Waals surface area contributed by atoms with Gasteiger partial charge in [0.05, 0.1) is 4.88 Å². The number of hydrogen-bond acceptors (Lipinski definition) is 5. The van der Waals surface area contributed by atoms with Crippen LogP contribution in [0.1, 0.15) is 33.5 Å². The van der Waals surface area contributed by atoms with Gasteiger partial charge in [-0.1, -0.05) is 19.1 Å². The molecular weight excluding hydrogens is 400 g/mol. The Kier molecular flexibility index (Phi) is 5.15. The summed E-state index contributed by atoms with van der Waals surface area (Å²) in [5, 5.41) is 0. The summed E-state index contributed by atoms with van der Waals surface area (Å²) in [6.07, 6.45) is 2.74. The zero-order valence-corrected chi connectivity index (χ0v) is 18.0. The van der Waals surface area contributed by atoms with Gasteiger partial charge in [-0.2, -0.15) is 0 Å². The fourth-order valence-corrected chi connectivity index (χ4v) is 5.62. The standard InChI is InChI=1S/C23H26N2O4S/c1-15-6-7-20-16(12-15)13-21(30-20)23(27)25-10-8-24(9-11-25)22(26)19-14-28-17-4-2-3-5-18(17)29-19/h2-5,13,15,19H,6-12,14H2,1H3/t15-,19-/m0/s1. The van der Waals surface area contributed by atoms with Gasteiger partial charge in [0, 0.05) is 31.1 Å². The minimum Gasteiger partial charge on any atom is -0.485 e. The van der Waals surface area contributed by atoms with Crippen molar-refractivity contribution in [1.29, 1.82) is 0 Å². The Balaban J connectivity index is 1.18. The Morgan fingerprint density at radius 1 is 1.07 bits per heavy atom. The number of carbonyl (C=O) groups is 2. The van der Waals surface area contributed by atoms with Crippen LogP contribution in [-0.2, 0) is 17.6 Å². The Labute approximate surface area is 180 Å². The number of rotatable bonds is 2. The molecule has 2 aliphatic heterocycles. The van der Waals surface area contributed by atoms with Gasteiger partial charge in [-0.3, -0.25) is 9.59 Å². The number of thiophene rings is 1. The minimum absolute atomic E-state index is 0.0721. The molecule has 5 rings (SSSR count). The van der Waals surface area contributed by atoms with Crippen molar-refractivity contribution < 1.29 is 19.1 Å². The third-order valence-corrected chi connectivity index (χ3v) is 7.43. The lowest BCUT2D eigenvalue weighted by atomic mass is 9.90. The zero-order chi connectivity index (χ0) is 20.7. The smallest absolute Gasteiger partial charge is 0.267 e. The molecule has 1 aromatic carbocycles. The molecule has 0 radical (unpaired) electrons. The molecule has 30 heavy (non-hydrogen) atoms. The first-order chi connectivity index (χ1) is 14.6. The van der Waals surface area contributed by atoms with E-state index in [0.717, 1.165) is 17.7 Å². The summed E-state index contributed by atoms with van der Waals surface area (Å²) in [4.78, 5) is 31.8. The Bertz CT molecular complexity index is 964. The number of fused-ring (bicyclic) bond motifs is 2. The van der Waals surface area contributed by atoms with Gasteiger partial charge in [0.1, 0.15) is 6.61 Å². The third-order valence-electron chi connectivity index (χ3n) is 6.20. The quantitative estimate of drug-likeness (QED) is 0.741. The molecule has 2 aromatic rings. The number of para-hydroxylation sites is 2. The van der Waals surface area contributed by atoms with Crippen LogP contribution in [0.4, 0.5) is 0 Å². The summed E-state index contributed by atoms with van der Waals surface area (Å²) in [6.45, 7) is 4.63. The van der Waals surface area contributed by atoms with E-state index in [4.69, 9.17) is 9.47 Å². The van der Waals surface area contributed by atoms with Crippen LogP contribution in [0.15, 0.2) is 30.3 Å². The van der Waals surface area contributed by atoms with E-state index < -0.39 is 6.10 Å². The molecule has 0 N–H and O–H groups in total. The second-order valence-electron chi connectivity index (χ2n) is 8.39. The van der Waals surface area contributed by atoms with Crippen LogP contribution in [0.25, 0.3) is 0 Å². The Morgan fingerprint density at radius 2 is 1.80 bits per heavy atom. The molecule has 3 aliphatic rings. The lowest BCUT2D eigenvalue weighted by Gasteiger charge is -2.37. The monoisotopic (exact) mass is 426 g/mol. The predicted octanol–water partition coefficient (Wildman–Crippen LogP) is 3.00. The van der Waals surface area contributed by atoms with E-state index in [9.17, 15) is 9.59 Å². The lowest BCUT2D eigenvalue weighted by molar-refractivity contribution is -0.142. The number of piperazine rings is 1. The number of hydrogen-bond donors (Lipinski definition) is 0. The van der Waals surface area contributed by atoms with E-state index >= 15 is 0 Å². The molecule has 2 amide bonds. The van der Waals surface area contributed by atoms with Crippen LogP contribution in [0.5, 0.6) is 11.5 Å². The van der Waals surface area contributed by atoms with Crippen LogP contribution >= 0.6 is 11.3 Å². The van der Waals surface area contributed by atoms with Crippen LogP contribution in [0, 0.1) is 5.92 Å². The average Bonchev–Trinajstić information content (AvgIpc) is 3.21. The highest BCUT2D eigenvalue weighted by Crippen LogP contribution is 2.33. The Hall–Kier alpha value is -2.54. The van der Waals surface area contributed by atoms with Crippen LogP contribution in [0.2, 0.25) is 0 Å². The summed E-state index contributed by atoms with van der Waals surface area (Å²) >= 11 is 1.65. The molecule has 1 fully saturated rings. The van der Waals surface area contributed by atoms with Gasteiger partial charge in [-0.25, -0.2) is 0 Å². The minimum atomic E-state index is -0.631. The molecule has 6 nitrogen and oxygen atoms in total. The van der Waals surface area contributed by atoms with E-state index in [2.05, 4.69) is 13.0 Å². The largest absolute Gasteiger partial charge is 0.485 e. The van der Waals surface area contributed by atoms with Gasteiger partial charge in [0.25, 0.3) is 11.8 Å². The van der Waals surface area contributed by atoms with Crippen molar-refractivity contribution in [2.75, 3.05) is 32.8 Å². The summed E-state index contributed by atoms with van der Waals surface area (Å²) in [5.74, 6) is 2.00. The number of aryl methyl sites for hydroxylation is 1. The molecule has 1 saturated heterocycles. The van der Waals surface area contributed by atoms with Crippen LogP contribution in [0.3, 0.4) is 0 Å². The van der Waals surface area contributed by atoms with E-state index in [1.807, 2.05) is 29.2 Å². The summed E-state index contributed by atoms with van der Waals surface area (Å²) in [5.41, 5.74) is 1.35. The number of ether oxygens (including phenoxy) is 2. The van der Waals surface area contributed by atoms with Crippen molar-refractivity contribution in [3.05, 3.63) is 45.6 Å². The first kappa shape index (κ1) is 19.4. The highest BCUT2D eigenvalue weighted by Gasteiger charge is 2.34. The predicted molar refractivity (Wildman–Crippen MR) is 114 cm³/mol. The molecule has 3 heterocycles. The number of carbonyl (C=O) groups excluding carboxylic acids is 2. The number of benzene rings is 1. The second-order valence-corrected chi connectivity index (χ2v) is 9.53. The van der Waals surface area contributed by atoms with Crippen molar-refractivity contribution in [3.63, 3.8) is 0 Å². The molecule has 1 aliphatic carbocycles. The molecular formula is C23H26N2O4S. The molecule has 158 valence electrons. The zero-order valence-electron chi connectivity index (χ0n) is 17.1. The average molecular weight is 427 g/mol. The third kappa shape index (κ3) is 3.67. The van der Waals surface area contributed by atoms with Gasteiger partial charge < -0.3 is 19.3 Å². The molecule has 2 atom stereocenters. The first-order valence-corrected chi connectivity index (χ1v) is 11.5. The van der Waals surface area contributed by atoms with Gasteiger partial charge in [-0.05, 0) is 48.9 Å². The van der Waals surface area contributed by atoms with Crippen LogP contribution < -0.4 is 9.47 Å². The topological polar surface area (TPSA) is 59.1 Å².